The first-order valence-corrected chi connectivity index (χ1v) is 13.5. The van der Waals surface area contributed by atoms with Crippen molar-refractivity contribution >= 4 is 20.9 Å². The monoisotopic (exact) mass is 531 g/mol. The Kier molecular flexibility index (Phi) is 6.63. The number of likely N-dealkylation sites (tertiary alicyclic amines) is 1. The first-order valence-electron chi connectivity index (χ1n) is 11.6. The Morgan fingerprint density at radius 1 is 1.00 bits per heavy atom. The van der Waals surface area contributed by atoms with E-state index in [-0.39, 0.29) is 10.9 Å². The van der Waals surface area contributed by atoms with Gasteiger partial charge in [0.1, 0.15) is 17.5 Å². The van der Waals surface area contributed by atoms with Crippen LogP contribution in [0.25, 0.3) is 11.0 Å². The fourth-order valence-corrected chi connectivity index (χ4v) is 5.07. The van der Waals surface area contributed by atoms with E-state index in [0.717, 1.165) is 49.9 Å². The Balaban J connectivity index is 1.25. The number of ether oxygens (including phenoxy) is 1. The van der Waals surface area contributed by atoms with Gasteiger partial charge in [0, 0.05) is 25.9 Å². The number of aromatic nitrogens is 4. The van der Waals surface area contributed by atoms with Crippen LogP contribution in [-0.2, 0) is 22.6 Å². The summed E-state index contributed by atoms with van der Waals surface area (Å²) in [4.78, 5) is 11.0. The normalized spacial score (nSPS) is 15.8. The summed E-state index contributed by atoms with van der Waals surface area (Å²) in [6, 6.07) is 11.5. The highest BCUT2D eigenvalue weighted by molar-refractivity contribution is 7.90. The van der Waals surface area contributed by atoms with E-state index in [1.54, 1.807) is 18.3 Å². The van der Waals surface area contributed by atoms with Gasteiger partial charge in [-0.15, -0.1) is 0 Å². The zero-order chi connectivity index (χ0) is 26.2. The van der Waals surface area contributed by atoms with Gasteiger partial charge in [-0.3, -0.25) is 4.90 Å². The molecule has 0 amide bonds. The lowest BCUT2D eigenvalue weighted by Gasteiger charge is -2.32. The highest BCUT2D eigenvalue weighted by Gasteiger charge is 2.30. The zero-order valence-electron chi connectivity index (χ0n) is 19.9. The SMILES string of the molecule is CS(=O)(=O)c1ccc(Oc2ncnc3c2cnn3C2CCN(Cc3ccc(C(F)(F)F)cc3)CC2)cc1. The number of alkyl halides is 3. The molecule has 1 aliphatic heterocycles. The summed E-state index contributed by atoms with van der Waals surface area (Å²) in [6.45, 7) is 2.13. The fraction of sp³-hybridized carbons (Fsp3) is 0.320. The lowest BCUT2D eigenvalue weighted by atomic mass is 10.0. The smallest absolute Gasteiger partial charge is 0.416 e. The van der Waals surface area contributed by atoms with Crippen LogP contribution >= 0.6 is 0 Å². The number of nitrogens with zero attached hydrogens (tertiary/aromatic N) is 5. The highest BCUT2D eigenvalue weighted by Crippen LogP contribution is 2.32. The first-order chi connectivity index (χ1) is 17.6. The van der Waals surface area contributed by atoms with Crippen LogP contribution in [-0.4, -0.2) is 52.4 Å². The van der Waals surface area contributed by atoms with Crippen LogP contribution in [0.4, 0.5) is 13.2 Å². The molecular weight excluding hydrogens is 507 g/mol. The molecule has 4 aromatic rings. The summed E-state index contributed by atoms with van der Waals surface area (Å²) in [5, 5.41) is 5.18. The summed E-state index contributed by atoms with van der Waals surface area (Å²) in [6.07, 6.45) is 1.49. The average Bonchev–Trinajstić information content (AvgIpc) is 3.29. The molecule has 0 saturated carbocycles. The standard InChI is InChI=1S/C25H24F3N5O3S/c1-37(34,35)21-8-6-20(7-9-21)36-24-22-14-31-33(23(22)29-16-30-24)19-10-12-32(13-11-19)15-17-2-4-18(5-3-17)25(26,27)28/h2-9,14,16,19H,10-13,15H2,1H3. The number of fused-ring (bicyclic) bond motifs is 1. The minimum Gasteiger partial charge on any atom is -0.438 e. The molecule has 0 atom stereocenters. The van der Waals surface area contributed by atoms with Crippen LogP contribution in [0.3, 0.4) is 0 Å². The molecule has 1 aliphatic rings. The fourth-order valence-electron chi connectivity index (χ4n) is 4.44. The molecule has 1 fully saturated rings. The molecule has 2 aromatic heterocycles. The topological polar surface area (TPSA) is 90.2 Å². The van der Waals surface area contributed by atoms with E-state index in [2.05, 4.69) is 20.0 Å². The quantitative estimate of drug-likeness (QED) is 0.350. The molecule has 37 heavy (non-hydrogen) atoms. The summed E-state index contributed by atoms with van der Waals surface area (Å²) in [5.74, 6) is 0.764. The third kappa shape index (κ3) is 5.59. The molecule has 0 N–H and O–H groups in total. The third-order valence-electron chi connectivity index (χ3n) is 6.41. The summed E-state index contributed by atoms with van der Waals surface area (Å²) >= 11 is 0. The van der Waals surface area contributed by atoms with Crippen LogP contribution < -0.4 is 4.74 Å². The first kappa shape index (κ1) is 25.2. The molecule has 0 radical (unpaired) electrons. The van der Waals surface area contributed by atoms with Crippen molar-refractivity contribution in [3.05, 3.63) is 72.2 Å². The lowest BCUT2D eigenvalue weighted by Crippen LogP contribution is -2.34. The van der Waals surface area contributed by atoms with Gasteiger partial charge in [0.05, 0.1) is 22.7 Å². The van der Waals surface area contributed by atoms with Gasteiger partial charge < -0.3 is 4.74 Å². The van der Waals surface area contributed by atoms with Gasteiger partial charge in [0.15, 0.2) is 15.5 Å². The summed E-state index contributed by atoms with van der Waals surface area (Å²) in [7, 11) is -3.30. The zero-order valence-corrected chi connectivity index (χ0v) is 20.7. The van der Waals surface area contributed by atoms with Gasteiger partial charge >= 0.3 is 6.18 Å². The lowest BCUT2D eigenvalue weighted by molar-refractivity contribution is -0.137. The Labute approximate surface area is 211 Å². The molecule has 0 unspecified atom stereocenters. The second-order valence-electron chi connectivity index (χ2n) is 9.05. The van der Waals surface area contributed by atoms with Crippen molar-refractivity contribution in [2.24, 2.45) is 0 Å². The maximum atomic E-state index is 12.8. The Bertz CT molecular complexity index is 1500. The molecule has 0 aliphatic carbocycles. The van der Waals surface area contributed by atoms with E-state index in [1.165, 1.54) is 30.6 Å². The summed E-state index contributed by atoms with van der Waals surface area (Å²) < 4.78 is 69.5. The van der Waals surface area contributed by atoms with Crippen LogP contribution in [0.1, 0.15) is 30.0 Å². The van der Waals surface area contributed by atoms with Crippen LogP contribution in [0.2, 0.25) is 0 Å². The van der Waals surface area contributed by atoms with Gasteiger partial charge in [-0.1, -0.05) is 12.1 Å². The van der Waals surface area contributed by atoms with Crippen molar-refractivity contribution < 1.29 is 26.3 Å². The number of halogens is 3. The average molecular weight is 532 g/mol. The highest BCUT2D eigenvalue weighted by atomic mass is 32.2. The van der Waals surface area contributed by atoms with Crippen molar-refractivity contribution in [2.75, 3.05) is 19.3 Å². The third-order valence-corrected chi connectivity index (χ3v) is 7.54. The molecule has 2 aromatic carbocycles. The molecule has 0 bridgehead atoms. The van der Waals surface area contributed by atoms with E-state index in [9.17, 15) is 21.6 Å². The summed E-state index contributed by atoms with van der Waals surface area (Å²) in [5.41, 5.74) is 0.839. The number of rotatable bonds is 6. The van der Waals surface area contributed by atoms with E-state index in [1.807, 2.05) is 4.68 Å². The van der Waals surface area contributed by atoms with E-state index < -0.39 is 21.6 Å². The van der Waals surface area contributed by atoms with Crippen molar-refractivity contribution in [1.29, 1.82) is 0 Å². The van der Waals surface area contributed by atoms with Crippen LogP contribution in [0, 0.1) is 0 Å². The number of piperidine rings is 1. The van der Waals surface area contributed by atoms with Gasteiger partial charge in [-0.2, -0.15) is 18.3 Å². The predicted molar refractivity (Wildman–Crippen MR) is 130 cm³/mol. The van der Waals surface area contributed by atoms with E-state index in [0.29, 0.717) is 29.2 Å². The van der Waals surface area contributed by atoms with Gasteiger partial charge in [-0.05, 0) is 54.8 Å². The van der Waals surface area contributed by atoms with Gasteiger partial charge in [0.2, 0.25) is 5.88 Å². The Morgan fingerprint density at radius 2 is 1.68 bits per heavy atom. The Hall–Kier alpha value is -3.51. The van der Waals surface area contributed by atoms with Crippen molar-refractivity contribution in [2.45, 2.75) is 36.5 Å². The Morgan fingerprint density at radius 3 is 2.30 bits per heavy atom. The molecular formula is C25H24F3N5O3S. The van der Waals surface area contributed by atoms with Crippen molar-refractivity contribution in [1.82, 2.24) is 24.6 Å². The molecule has 194 valence electrons. The van der Waals surface area contributed by atoms with Crippen molar-refractivity contribution in [3.8, 4) is 11.6 Å². The molecule has 8 nitrogen and oxygen atoms in total. The van der Waals surface area contributed by atoms with Crippen molar-refractivity contribution in [3.63, 3.8) is 0 Å². The van der Waals surface area contributed by atoms with E-state index >= 15 is 0 Å². The van der Waals surface area contributed by atoms with Crippen LogP contribution in [0.5, 0.6) is 11.6 Å². The maximum Gasteiger partial charge on any atom is 0.416 e. The second kappa shape index (κ2) is 9.75. The number of benzene rings is 2. The minimum absolute atomic E-state index is 0.109. The maximum absolute atomic E-state index is 12.8. The van der Waals surface area contributed by atoms with Crippen LogP contribution in [0.15, 0.2) is 66.0 Å². The number of hydrogen-bond donors (Lipinski definition) is 0. The largest absolute Gasteiger partial charge is 0.438 e. The minimum atomic E-state index is -4.33. The second-order valence-corrected chi connectivity index (χ2v) is 11.1. The molecule has 3 heterocycles. The van der Waals surface area contributed by atoms with E-state index in [4.69, 9.17) is 4.74 Å². The molecule has 0 spiro atoms. The molecule has 5 rings (SSSR count). The van der Waals surface area contributed by atoms with Gasteiger partial charge in [-0.25, -0.2) is 23.1 Å². The number of hydrogen-bond acceptors (Lipinski definition) is 7. The molecule has 12 heteroatoms. The predicted octanol–water partition coefficient (Wildman–Crippen LogP) is 4.88. The van der Waals surface area contributed by atoms with Gasteiger partial charge in [0.25, 0.3) is 0 Å². The molecule has 1 saturated heterocycles. The number of sulfone groups is 1.